The van der Waals surface area contributed by atoms with E-state index in [1.165, 1.54) is 0 Å². The maximum absolute atomic E-state index is 10.9. The molecule has 0 atom stereocenters. The van der Waals surface area contributed by atoms with Crippen molar-refractivity contribution in [3.8, 4) is 0 Å². The van der Waals surface area contributed by atoms with E-state index in [1.54, 1.807) is 11.8 Å². The second-order valence-electron chi connectivity index (χ2n) is 2.46. The van der Waals surface area contributed by atoms with Crippen LogP contribution in [0.3, 0.4) is 0 Å². The molecule has 0 radical (unpaired) electrons. The Morgan fingerprint density at radius 2 is 2.33 bits per heavy atom. The molecular weight excluding hydrogens is 132 g/mol. The zero-order valence-corrected chi connectivity index (χ0v) is 6.49. The maximum atomic E-state index is 10.9. The summed E-state index contributed by atoms with van der Waals surface area (Å²) in [6.07, 6.45) is 0. The van der Waals surface area contributed by atoms with Crippen LogP contribution in [0.2, 0.25) is 0 Å². The van der Waals surface area contributed by atoms with Crippen molar-refractivity contribution in [3.05, 3.63) is 11.0 Å². The van der Waals surface area contributed by atoms with Crippen molar-refractivity contribution in [1.82, 2.24) is 0 Å². The number of hydrogen-bond acceptors (Lipinski definition) is 2. The second kappa shape index (κ2) is 2.56. The van der Waals surface area contributed by atoms with Crippen molar-refractivity contribution in [2.45, 2.75) is 13.8 Å². The van der Waals surface area contributed by atoms with Gasteiger partial charge in [-0.25, -0.2) is 0 Å². The molecule has 2 heteroatoms. The number of hydrogen-bond donors (Lipinski definition) is 0. The summed E-state index contributed by atoms with van der Waals surface area (Å²) in [4.78, 5) is 10.9. The number of ketones is 1. The Hall–Kier alpha value is -0.240. The van der Waals surface area contributed by atoms with Crippen LogP contribution in [0.15, 0.2) is 11.0 Å². The molecule has 0 aliphatic carbocycles. The van der Waals surface area contributed by atoms with E-state index in [4.69, 9.17) is 0 Å². The van der Waals surface area contributed by atoms with Crippen molar-refractivity contribution in [2.24, 2.45) is 5.92 Å². The molecule has 50 valence electrons. The highest BCUT2D eigenvalue weighted by Gasteiger charge is 2.17. The number of Topliss-reactive ketones (excluding diaryl/α,β-unsaturated/α-hetero) is 1. The van der Waals surface area contributed by atoms with Crippen LogP contribution in [0.1, 0.15) is 13.8 Å². The van der Waals surface area contributed by atoms with E-state index < -0.39 is 0 Å². The number of rotatable bonds is 1. The minimum atomic E-state index is 0.315. The summed E-state index contributed by atoms with van der Waals surface area (Å²) in [5.41, 5.74) is 1.00. The lowest BCUT2D eigenvalue weighted by atomic mass is 10.0. The molecule has 1 rings (SSSR count). The molecule has 0 amide bonds. The Morgan fingerprint density at radius 1 is 1.67 bits per heavy atom. The Kier molecular flexibility index (Phi) is 1.96. The first-order valence-electron chi connectivity index (χ1n) is 3.06. The first-order valence-corrected chi connectivity index (χ1v) is 4.11. The van der Waals surface area contributed by atoms with E-state index in [0.29, 0.717) is 17.5 Å². The third-order valence-electron chi connectivity index (χ3n) is 1.37. The quantitative estimate of drug-likeness (QED) is 0.555. The van der Waals surface area contributed by atoms with E-state index in [-0.39, 0.29) is 0 Å². The van der Waals surface area contributed by atoms with Crippen LogP contribution in [-0.4, -0.2) is 11.5 Å². The van der Waals surface area contributed by atoms with Gasteiger partial charge in [0.05, 0.1) is 5.75 Å². The van der Waals surface area contributed by atoms with Crippen LogP contribution in [0.5, 0.6) is 0 Å². The molecule has 0 saturated heterocycles. The molecule has 0 aromatic rings. The van der Waals surface area contributed by atoms with Crippen molar-refractivity contribution in [3.63, 3.8) is 0 Å². The molecule has 1 aliphatic rings. The number of carbonyl (C=O) groups excluding carboxylic acids is 1. The van der Waals surface area contributed by atoms with Gasteiger partial charge in [0.1, 0.15) is 0 Å². The van der Waals surface area contributed by atoms with Crippen molar-refractivity contribution >= 4 is 17.5 Å². The summed E-state index contributed by atoms with van der Waals surface area (Å²) in [6.45, 7) is 4.10. The van der Waals surface area contributed by atoms with Gasteiger partial charge in [-0.3, -0.25) is 4.79 Å². The zero-order valence-electron chi connectivity index (χ0n) is 5.68. The first kappa shape index (κ1) is 6.87. The average Bonchev–Trinajstić information content (AvgIpc) is 2.13. The van der Waals surface area contributed by atoms with Crippen LogP contribution in [-0.2, 0) is 4.79 Å². The van der Waals surface area contributed by atoms with Gasteiger partial charge < -0.3 is 0 Å². The van der Waals surface area contributed by atoms with E-state index in [0.717, 1.165) is 5.57 Å². The summed E-state index contributed by atoms with van der Waals surface area (Å²) in [5.74, 6) is 1.38. The van der Waals surface area contributed by atoms with Crippen LogP contribution < -0.4 is 0 Å². The summed E-state index contributed by atoms with van der Waals surface area (Å²) >= 11 is 1.61. The molecule has 0 unspecified atom stereocenters. The molecule has 0 aromatic carbocycles. The van der Waals surface area contributed by atoms with Gasteiger partial charge in [-0.1, -0.05) is 13.8 Å². The van der Waals surface area contributed by atoms with E-state index >= 15 is 0 Å². The molecule has 0 spiro atoms. The summed E-state index contributed by atoms with van der Waals surface area (Å²) in [6, 6.07) is 0. The highest BCUT2D eigenvalue weighted by molar-refractivity contribution is 8.03. The van der Waals surface area contributed by atoms with Gasteiger partial charge in [0.15, 0.2) is 5.78 Å². The van der Waals surface area contributed by atoms with E-state index in [9.17, 15) is 4.79 Å². The standard InChI is InChI=1S/C7H10OS/c1-5(2)6-3-9-4-7(6)8/h3,5H,4H2,1-2H3. The predicted molar refractivity (Wildman–Crippen MR) is 40.4 cm³/mol. The summed E-state index contributed by atoms with van der Waals surface area (Å²) < 4.78 is 0. The molecule has 9 heavy (non-hydrogen) atoms. The Bertz CT molecular complexity index is 158. The van der Waals surface area contributed by atoms with Crippen molar-refractivity contribution in [1.29, 1.82) is 0 Å². The minimum Gasteiger partial charge on any atom is -0.294 e. The van der Waals surface area contributed by atoms with E-state index in [2.05, 4.69) is 13.8 Å². The molecule has 0 fully saturated rings. The molecule has 1 heterocycles. The monoisotopic (exact) mass is 142 g/mol. The molecule has 0 N–H and O–H groups in total. The summed E-state index contributed by atoms with van der Waals surface area (Å²) in [7, 11) is 0. The van der Waals surface area contributed by atoms with Gasteiger partial charge in [-0.05, 0) is 11.3 Å². The number of thioether (sulfide) groups is 1. The van der Waals surface area contributed by atoms with Gasteiger partial charge in [-0.2, -0.15) is 0 Å². The van der Waals surface area contributed by atoms with Gasteiger partial charge in [-0.15, -0.1) is 11.8 Å². The van der Waals surface area contributed by atoms with E-state index in [1.807, 2.05) is 5.41 Å². The third-order valence-corrected chi connectivity index (χ3v) is 2.22. The van der Waals surface area contributed by atoms with Crippen LogP contribution in [0, 0.1) is 5.92 Å². The molecule has 0 bridgehead atoms. The van der Waals surface area contributed by atoms with Gasteiger partial charge in [0.25, 0.3) is 0 Å². The molecular formula is C7H10OS. The normalized spacial score (nSPS) is 19.0. The first-order chi connectivity index (χ1) is 4.22. The topological polar surface area (TPSA) is 17.1 Å². The lowest BCUT2D eigenvalue weighted by Crippen LogP contribution is -2.04. The lowest BCUT2D eigenvalue weighted by Gasteiger charge is -2.00. The largest absolute Gasteiger partial charge is 0.294 e. The fraction of sp³-hybridized carbons (Fsp3) is 0.571. The Morgan fingerprint density at radius 3 is 2.56 bits per heavy atom. The maximum Gasteiger partial charge on any atom is 0.169 e. The SMILES string of the molecule is CC(C)C1=CSCC1=O. The fourth-order valence-electron chi connectivity index (χ4n) is 0.814. The van der Waals surface area contributed by atoms with Gasteiger partial charge in [0, 0.05) is 5.57 Å². The van der Waals surface area contributed by atoms with Gasteiger partial charge >= 0.3 is 0 Å². The predicted octanol–water partition coefficient (Wildman–Crippen LogP) is 1.84. The third kappa shape index (κ3) is 1.36. The summed E-state index contributed by atoms with van der Waals surface area (Å²) in [5, 5.41) is 1.98. The van der Waals surface area contributed by atoms with Crippen LogP contribution >= 0.6 is 11.8 Å². The van der Waals surface area contributed by atoms with Crippen LogP contribution in [0.25, 0.3) is 0 Å². The molecule has 0 saturated carbocycles. The Balaban J connectivity index is 2.68. The highest BCUT2D eigenvalue weighted by atomic mass is 32.2. The fourth-order valence-corrected chi connectivity index (χ4v) is 1.80. The number of allylic oxidation sites excluding steroid dienone is 1. The Labute approximate surface area is 59.5 Å². The van der Waals surface area contributed by atoms with Crippen molar-refractivity contribution < 1.29 is 4.79 Å². The van der Waals surface area contributed by atoms with Crippen molar-refractivity contribution in [2.75, 3.05) is 5.75 Å². The lowest BCUT2D eigenvalue weighted by molar-refractivity contribution is -0.113. The van der Waals surface area contributed by atoms with Crippen LogP contribution in [0.4, 0.5) is 0 Å². The second-order valence-corrected chi connectivity index (χ2v) is 3.32. The molecule has 1 nitrogen and oxygen atoms in total. The smallest absolute Gasteiger partial charge is 0.169 e. The van der Waals surface area contributed by atoms with Gasteiger partial charge in [0.2, 0.25) is 0 Å². The molecule has 0 aromatic heterocycles. The highest BCUT2D eigenvalue weighted by Crippen LogP contribution is 2.24. The average molecular weight is 142 g/mol. The minimum absolute atomic E-state index is 0.315. The number of carbonyl (C=O) groups is 1. The molecule has 1 aliphatic heterocycles. The zero-order chi connectivity index (χ0) is 6.85.